The first kappa shape index (κ1) is 18.8. The Bertz CT molecular complexity index is 1100. The van der Waals surface area contributed by atoms with Crippen LogP contribution in [0.15, 0.2) is 53.6 Å². The normalized spacial score (nSPS) is 11.5. The highest BCUT2D eigenvalue weighted by atomic mass is 32.2. The van der Waals surface area contributed by atoms with E-state index in [4.69, 9.17) is 14.6 Å². The lowest BCUT2D eigenvalue weighted by molar-refractivity contribution is -0.136. The highest BCUT2D eigenvalue weighted by Gasteiger charge is 2.22. The van der Waals surface area contributed by atoms with Crippen molar-refractivity contribution in [2.24, 2.45) is 0 Å². The first-order valence-electron chi connectivity index (χ1n) is 8.16. The van der Waals surface area contributed by atoms with Crippen molar-refractivity contribution in [1.29, 1.82) is 0 Å². The Morgan fingerprint density at radius 3 is 2.44 bits per heavy atom. The van der Waals surface area contributed by atoms with Gasteiger partial charge in [0.25, 0.3) is 10.0 Å². The van der Waals surface area contributed by atoms with E-state index in [1.807, 2.05) is 0 Å². The Morgan fingerprint density at radius 2 is 1.78 bits per heavy atom. The SMILES string of the molecule is COc1cccc(S(=O)(=O)n2cc(CCC(=O)O)c3cc(OC)ccc32)c1. The highest BCUT2D eigenvalue weighted by Crippen LogP contribution is 2.30. The number of ether oxygens (including phenoxy) is 2. The number of hydrogen-bond donors (Lipinski definition) is 1. The number of fused-ring (bicyclic) bond motifs is 1. The molecule has 0 aliphatic rings. The summed E-state index contributed by atoms with van der Waals surface area (Å²) >= 11 is 0. The van der Waals surface area contributed by atoms with Crippen LogP contribution in [-0.2, 0) is 21.2 Å². The Balaban J connectivity index is 2.19. The topological polar surface area (TPSA) is 94.8 Å². The first-order chi connectivity index (χ1) is 12.9. The van der Waals surface area contributed by atoms with Crippen molar-refractivity contribution in [3.63, 3.8) is 0 Å². The van der Waals surface area contributed by atoms with Crippen molar-refractivity contribution >= 4 is 26.9 Å². The van der Waals surface area contributed by atoms with E-state index in [2.05, 4.69) is 0 Å². The molecule has 0 amide bonds. The molecule has 1 heterocycles. The molecule has 0 spiro atoms. The molecule has 0 bridgehead atoms. The molecule has 3 rings (SSSR count). The van der Waals surface area contributed by atoms with Crippen LogP contribution in [0.5, 0.6) is 11.5 Å². The second-order valence-corrected chi connectivity index (χ2v) is 7.73. The van der Waals surface area contributed by atoms with E-state index in [1.165, 1.54) is 36.5 Å². The molecule has 142 valence electrons. The summed E-state index contributed by atoms with van der Waals surface area (Å²) in [5, 5.41) is 9.63. The predicted molar refractivity (Wildman–Crippen MR) is 100 cm³/mol. The zero-order valence-corrected chi connectivity index (χ0v) is 15.7. The van der Waals surface area contributed by atoms with Gasteiger partial charge in [-0.25, -0.2) is 12.4 Å². The van der Waals surface area contributed by atoms with E-state index >= 15 is 0 Å². The fraction of sp³-hybridized carbons (Fsp3) is 0.211. The quantitative estimate of drug-likeness (QED) is 0.668. The molecule has 7 nitrogen and oxygen atoms in total. The summed E-state index contributed by atoms with van der Waals surface area (Å²) < 4.78 is 37.9. The third-order valence-electron chi connectivity index (χ3n) is 4.27. The maximum Gasteiger partial charge on any atom is 0.303 e. The number of aromatic nitrogens is 1. The molecule has 1 aromatic heterocycles. The van der Waals surface area contributed by atoms with Gasteiger partial charge in [-0.05, 0) is 42.3 Å². The third-order valence-corrected chi connectivity index (χ3v) is 5.94. The summed E-state index contributed by atoms with van der Waals surface area (Å²) in [7, 11) is -0.906. The number of aliphatic carboxylic acids is 1. The standard InChI is InChI=1S/C19H19NO6S/c1-25-14-4-3-5-16(10-14)27(23,24)20-12-13(6-9-19(21)22)17-11-15(26-2)7-8-18(17)20/h3-5,7-8,10-12H,6,9H2,1-2H3,(H,21,22). The predicted octanol–water partition coefficient (Wildman–Crippen LogP) is 2.91. The van der Waals surface area contributed by atoms with Gasteiger partial charge in [-0.3, -0.25) is 4.79 Å². The van der Waals surface area contributed by atoms with Crippen LogP contribution in [-0.4, -0.2) is 37.7 Å². The number of carboxylic acid groups (broad SMARTS) is 1. The maximum atomic E-state index is 13.2. The van der Waals surface area contributed by atoms with Gasteiger partial charge in [0.15, 0.2) is 0 Å². The number of carboxylic acids is 1. The first-order valence-corrected chi connectivity index (χ1v) is 9.60. The van der Waals surface area contributed by atoms with E-state index in [0.29, 0.717) is 28.0 Å². The summed E-state index contributed by atoms with van der Waals surface area (Å²) in [5.74, 6) is 0.0466. The molecule has 0 radical (unpaired) electrons. The molecular formula is C19H19NO6S. The van der Waals surface area contributed by atoms with Crippen LogP contribution in [0.2, 0.25) is 0 Å². The molecule has 3 aromatic rings. The van der Waals surface area contributed by atoms with E-state index in [1.54, 1.807) is 30.3 Å². The Morgan fingerprint density at radius 1 is 1.07 bits per heavy atom. The molecule has 0 saturated carbocycles. The second kappa shape index (κ2) is 7.32. The summed E-state index contributed by atoms with van der Waals surface area (Å²) in [4.78, 5) is 11.0. The van der Waals surface area contributed by atoms with E-state index in [-0.39, 0.29) is 17.7 Å². The zero-order chi connectivity index (χ0) is 19.6. The number of methoxy groups -OCH3 is 2. The molecule has 27 heavy (non-hydrogen) atoms. The monoisotopic (exact) mass is 389 g/mol. The zero-order valence-electron chi connectivity index (χ0n) is 14.9. The molecule has 0 fully saturated rings. The lowest BCUT2D eigenvalue weighted by atomic mass is 10.1. The van der Waals surface area contributed by atoms with Gasteiger partial charge in [0.2, 0.25) is 0 Å². The fourth-order valence-corrected chi connectivity index (χ4v) is 4.31. The van der Waals surface area contributed by atoms with Gasteiger partial charge in [0.1, 0.15) is 11.5 Å². The number of nitrogens with zero attached hydrogens (tertiary/aromatic N) is 1. The van der Waals surface area contributed by atoms with Crippen LogP contribution in [0.25, 0.3) is 10.9 Å². The van der Waals surface area contributed by atoms with Gasteiger partial charge in [-0.2, -0.15) is 0 Å². The lowest BCUT2D eigenvalue weighted by Gasteiger charge is -2.09. The molecule has 1 N–H and O–H groups in total. The average molecular weight is 389 g/mol. The maximum absolute atomic E-state index is 13.2. The molecule has 0 atom stereocenters. The summed E-state index contributed by atoms with van der Waals surface area (Å²) in [6.07, 6.45) is 1.58. The van der Waals surface area contributed by atoms with E-state index < -0.39 is 16.0 Å². The molecule has 0 aliphatic carbocycles. The molecule has 2 aromatic carbocycles. The number of hydrogen-bond acceptors (Lipinski definition) is 5. The number of rotatable bonds is 7. The van der Waals surface area contributed by atoms with Gasteiger partial charge in [-0.1, -0.05) is 6.07 Å². The Kier molecular flexibility index (Phi) is 5.09. The Hall–Kier alpha value is -3.00. The van der Waals surface area contributed by atoms with E-state index in [0.717, 1.165) is 0 Å². The van der Waals surface area contributed by atoms with Gasteiger partial charge in [-0.15, -0.1) is 0 Å². The van der Waals surface area contributed by atoms with Crippen molar-refractivity contribution in [3.05, 3.63) is 54.2 Å². The molecule has 0 aliphatic heterocycles. The van der Waals surface area contributed by atoms with E-state index in [9.17, 15) is 13.2 Å². The van der Waals surface area contributed by atoms with Crippen LogP contribution >= 0.6 is 0 Å². The van der Waals surface area contributed by atoms with Crippen LogP contribution in [0, 0.1) is 0 Å². The second-order valence-electron chi connectivity index (χ2n) is 5.91. The van der Waals surface area contributed by atoms with Crippen LogP contribution in [0.4, 0.5) is 0 Å². The van der Waals surface area contributed by atoms with Gasteiger partial charge in [0, 0.05) is 24.1 Å². The lowest BCUT2D eigenvalue weighted by Crippen LogP contribution is -2.12. The minimum absolute atomic E-state index is 0.0827. The van der Waals surface area contributed by atoms with Crippen LogP contribution in [0.1, 0.15) is 12.0 Å². The molecular weight excluding hydrogens is 370 g/mol. The Labute approximate surface area is 156 Å². The van der Waals surface area contributed by atoms with Crippen LogP contribution in [0.3, 0.4) is 0 Å². The highest BCUT2D eigenvalue weighted by molar-refractivity contribution is 7.90. The molecule has 8 heteroatoms. The van der Waals surface area contributed by atoms with Crippen molar-refractivity contribution in [2.45, 2.75) is 17.7 Å². The minimum atomic E-state index is -3.89. The number of aryl methyl sites for hydroxylation is 1. The summed E-state index contributed by atoms with van der Waals surface area (Å²) in [5.41, 5.74) is 1.08. The molecule has 0 saturated heterocycles. The fourth-order valence-electron chi connectivity index (χ4n) is 2.89. The van der Waals surface area contributed by atoms with Crippen molar-refractivity contribution in [3.8, 4) is 11.5 Å². The third kappa shape index (κ3) is 3.61. The number of carbonyl (C=O) groups is 1. The number of benzene rings is 2. The smallest absolute Gasteiger partial charge is 0.303 e. The average Bonchev–Trinajstić information content (AvgIpc) is 3.05. The van der Waals surface area contributed by atoms with Gasteiger partial charge < -0.3 is 14.6 Å². The van der Waals surface area contributed by atoms with Crippen LogP contribution < -0.4 is 9.47 Å². The van der Waals surface area contributed by atoms with Crippen molar-refractivity contribution < 1.29 is 27.8 Å². The van der Waals surface area contributed by atoms with Gasteiger partial charge >= 0.3 is 5.97 Å². The summed E-state index contributed by atoms with van der Waals surface area (Å²) in [6.45, 7) is 0. The van der Waals surface area contributed by atoms with Crippen molar-refractivity contribution in [2.75, 3.05) is 14.2 Å². The van der Waals surface area contributed by atoms with Crippen molar-refractivity contribution in [1.82, 2.24) is 3.97 Å². The minimum Gasteiger partial charge on any atom is -0.497 e. The summed E-state index contributed by atoms with van der Waals surface area (Å²) in [6, 6.07) is 11.2. The largest absolute Gasteiger partial charge is 0.497 e. The molecule has 0 unspecified atom stereocenters. The van der Waals surface area contributed by atoms with Gasteiger partial charge in [0.05, 0.1) is 24.6 Å².